The number of sulfonamides is 1. The first kappa shape index (κ1) is 27.7. The predicted molar refractivity (Wildman–Crippen MR) is 154 cm³/mol. The first-order valence-corrected chi connectivity index (χ1v) is 13.8. The van der Waals surface area contributed by atoms with Crippen LogP contribution in [0.3, 0.4) is 0 Å². The molecule has 9 nitrogen and oxygen atoms in total. The third-order valence-electron chi connectivity index (χ3n) is 6.23. The molecule has 0 fully saturated rings. The molecule has 0 aliphatic carbocycles. The molecule has 0 bridgehead atoms. The van der Waals surface area contributed by atoms with Gasteiger partial charge in [0.1, 0.15) is 0 Å². The minimum atomic E-state index is -3.84. The highest BCUT2D eigenvalue weighted by molar-refractivity contribution is 7.89. The van der Waals surface area contributed by atoms with Crippen LogP contribution in [0.1, 0.15) is 36.7 Å². The molecule has 0 atom stereocenters. The van der Waals surface area contributed by atoms with Gasteiger partial charge in [-0.05, 0) is 75.7 Å². The van der Waals surface area contributed by atoms with Gasteiger partial charge in [0.15, 0.2) is 5.82 Å². The molecule has 0 saturated heterocycles. The Morgan fingerprint density at radius 3 is 2.21 bits per heavy atom. The van der Waals surface area contributed by atoms with E-state index in [4.69, 9.17) is 5.14 Å². The number of benzene rings is 3. The Morgan fingerprint density at radius 2 is 1.62 bits per heavy atom. The van der Waals surface area contributed by atoms with Crippen molar-refractivity contribution in [1.29, 1.82) is 0 Å². The number of aromatic nitrogens is 2. The summed E-state index contributed by atoms with van der Waals surface area (Å²) in [5, 5.41) is 8.15. The van der Waals surface area contributed by atoms with Crippen molar-refractivity contribution in [3.63, 3.8) is 0 Å². The Morgan fingerprint density at radius 1 is 0.974 bits per heavy atom. The summed E-state index contributed by atoms with van der Waals surface area (Å²) in [5.41, 5.74) is 3.01. The maximum atomic E-state index is 13.6. The van der Waals surface area contributed by atoms with Crippen LogP contribution in [0.25, 0.3) is 11.3 Å². The average Bonchev–Trinajstić information content (AvgIpc) is 2.87. The highest BCUT2D eigenvalue weighted by Crippen LogP contribution is 2.34. The summed E-state index contributed by atoms with van der Waals surface area (Å²) in [6, 6.07) is 20.5. The molecule has 0 saturated carbocycles. The fraction of sp³-hybridized carbons (Fsp3) is 0.207. The zero-order chi connectivity index (χ0) is 28.5. The number of anilines is 3. The summed E-state index contributed by atoms with van der Waals surface area (Å²) in [6.45, 7) is 7.86. The van der Waals surface area contributed by atoms with E-state index in [-0.39, 0.29) is 22.2 Å². The largest absolute Gasteiger partial charge is 0.336 e. The average molecular weight is 546 g/mol. The van der Waals surface area contributed by atoms with Crippen LogP contribution in [-0.2, 0) is 17.1 Å². The minimum absolute atomic E-state index is 0.0384. The Labute approximate surface area is 228 Å². The summed E-state index contributed by atoms with van der Waals surface area (Å²) >= 11 is 0. The molecule has 4 rings (SSSR count). The molecular formula is C29H31N5O4S. The van der Waals surface area contributed by atoms with Crippen LogP contribution in [0.2, 0.25) is 0 Å². The quantitative estimate of drug-likeness (QED) is 0.365. The van der Waals surface area contributed by atoms with E-state index in [2.05, 4.69) is 10.3 Å². The van der Waals surface area contributed by atoms with Crippen molar-refractivity contribution in [2.24, 2.45) is 12.2 Å². The molecule has 0 aliphatic heterocycles. The Bertz CT molecular complexity index is 1690. The Balaban J connectivity index is 1.77. The van der Waals surface area contributed by atoms with Gasteiger partial charge in [0.2, 0.25) is 10.0 Å². The van der Waals surface area contributed by atoms with Crippen LogP contribution in [-0.4, -0.2) is 29.4 Å². The zero-order valence-electron chi connectivity index (χ0n) is 22.5. The number of carbonyl (C=O) groups is 1. The number of primary sulfonamides is 1. The van der Waals surface area contributed by atoms with E-state index in [0.717, 1.165) is 16.8 Å². The monoisotopic (exact) mass is 545 g/mol. The number of aryl methyl sites for hydroxylation is 1. The van der Waals surface area contributed by atoms with Gasteiger partial charge >= 0.3 is 0 Å². The van der Waals surface area contributed by atoms with Gasteiger partial charge in [-0.15, -0.1) is 0 Å². The Kier molecular flexibility index (Phi) is 7.45. The van der Waals surface area contributed by atoms with E-state index in [1.54, 1.807) is 30.3 Å². The first-order valence-electron chi connectivity index (χ1n) is 12.2. The number of hydrogen-bond donors (Lipinski definition) is 2. The van der Waals surface area contributed by atoms with E-state index in [0.29, 0.717) is 16.9 Å². The molecule has 1 aromatic heterocycles. The molecule has 1 amide bonds. The van der Waals surface area contributed by atoms with Crippen molar-refractivity contribution in [3.8, 4) is 11.3 Å². The summed E-state index contributed by atoms with van der Waals surface area (Å²) in [5.74, 6) is -0.0572. The van der Waals surface area contributed by atoms with Crippen LogP contribution < -0.4 is 20.9 Å². The Hall–Kier alpha value is -4.28. The molecule has 0 aliphatic rings. The van der Waals surface area contributed by atoms with Crippen molar-refractivity contribution in [2.75, 3.05) is 10.2 Å². The van der Waals surface area contributed by atoms with E-state index in [1.165, 1.54) is 28.8 Å². The maximum absolute atomic E-state index is 13.6. The number of carbonyl (C=O) groups excluding carboxylic acids is 1. The maximum Gasteiger partial charge on any atom is 0.293 e. The first-order chi connectivity index (χ1) is 18.3. The van der Waals surface area contributed by atoms with Crippen LogP contribution >= 0.6 is 0 Å². The highest BCUT2D eigenvalue weighted by atomic mass is 32.2. The molecule has 0 radical (unpaired) electrons. The molecule has 39 heavy (non-hydrogen) atoms. The SMILES string of the molecule is Cc1c(-c2cn(C)c(=O)c(Nc3ccc(S(N)(=O)=O)cc3)n2)cccc1N(C(=O)c1ccccc1)C(C)(C)C. The predicted octanol–water partition coefficient (Wildman–Crippen LogP) is 4.59. The number of hydrogen-bond acceptors (Lipinski definition) is 6. The lowest BCUT2D eigenvalue weighted by molar-refractivity contribution is 0.0965. The van der Waals surface area contributed by atoms with E-state index in [9.17, 15) is 18.0 Å². The summed E-state index contributed by atoms with van der Waals surface area (Å²) in [7, 11) is -2.21. The lowest BCUT2D eigenvalue weighted by Gasteiger charge is -2.37. The van der Waals surface area contributed by atoms with Crippen molar-refractivity contribution < 1.29 is 13.2 Å². The van der Waals surface area contributed by atoms with Gasteiger partial charge < -0.3 is 14.8 Å². The zero-order valence-corrected chi connectivity index (χ0v) is 23.3. The number of nitrogens with two attached hydrogens (primary N) is 1. The van der Waals surface area contributed by atoms with E-state index < -0.39 is 15.6 Å². The van der Waals surface area contributed by atoms with Gasteiger partial charge in [-0.2, -0.15) is 0 Å². The molecule has 10 heteroatoms. The summed E-state index contributed by atoms with van der Waals surface area (Å²) in [6.07, 6.45) is 1.64. The van der Waals surface area contributed by atoms with Crippen LogP contribution in [0.5, 0.6) is 0 Å². The second-order valence-corrected chi connectivity index (χ2v) is 11.8. The fourth-order valence-corrected chi connectivity index (χ4v) is 4.83. The summed E-state index contributed by atoms with van der Waals surface area (Å²) in [4.78, 5) is 32.9. The van der Waals surface area contributed by atoms with Gasteiger partial charge in [0, 0.05) is 41.3 Å². The molecule has 0 spiro atoms. The second-order valence-electron chi connectivity index (χ2n) is 10.2. The molecule has 4 aromatic rings. The minimum Gasteiger partial charge on any atom is -0.336 e. The van der Waals surface area contributed by atoms with Crippen LogP contribution in [0, 0.1) is 6.92 Å². The van der Waals surface area contributed by atoms with Gasteiger partial charge in [-0.1, -0.05) is 30.3 Å². The standard InChI is InChI=1S/C29H31N5O4S/c1-19-23(12-9-13-25(19)34(29(2,3)4)27(35)20-10-7-6-8-11-20)24-18-33(5)28(36)26(32-24)31-21-14-16-22(17-15-21)39(30,37)38/h6-18H,1-5H3,(H,31,32)(H2,30,37,38). The molecule has 3 aromatic carbocycles. The topological polar surface area (TPSA) is 127 Å². The highest BCUT2D eigenvalue weighted by Gasteiger charge is 2.30. The van der Waals surface area contributed by atoms with Crippen LogP contribution in [0.15, 0.2) is 88.7 Å². The second kappa shape index (κ2) is 10.5. The van der Waals surface area contributed by atoms with Gasteiger partial charge in [0.05, 0.1) is 10.6 Å². The number of nitrogens with one attached hydrogen (secondary N) is 1. The van der Waals surface area contributed by atoms with Gasteiger partial charge in [0.25, 0.3) is 11.5 Å². The molecular weight excluding hydrogens is 514 g/mol. The normalized spacial score (nSPS) is 11.7. The molecule has 202 valence electrons. The molecule has 0 unspecified atom stereocenters. The van der Waals surface area contributed by atoms with Gasteiger partial charge in [-0.25, -0.2) is 18.5 Å². The number of rotatable bonds is 6. The smallest absolute Gasteiger partial charge is 0.293 e. The lowest BCUT2D eigenvalue weighted by atomic mass is 9.97. The van der Waals surface area contributed by atoms with Crippen molar-refractivity contribution >= 4 is 33.1 Å². The number of nitrogens with zero attached hydrogens (tertiary/aromatic N) is 3. The van der Waals surface area contributed by atoms with E-state index >= 15 is 0 Å². The number of amides is 1. The lowest BCUT2D eigenvalue weighted by Crippen LogP contribution is -2.46. The summed E-state index contributed by atoms with van der Waals surface area (Å²) < 4.78 is 24.5. The third-order valence-corrected chi connectivity index (χ3v) is 7.16. The third kappa shape index (κ3) is 5.92. The van der Waals surface area contributed by atoms with E-state index in [1.807, 2.05) is 64.1 Å². The molecule has 1 heterocycles. The van der Waals surface area contributed by atoms with Crippen molar-refractivity contribution in [1.82, 2.24) is 9.55 Å². The fourth-order valence-electron chi connectivity index (χ4n) is 4.31. The van der Waals surface area contributed by atoms with Gasteiger partial charge in [-0.3, -0.25) is 9.59 Å². The van der Waals surface area contributed by atoms with Crippen molar-refractivity contribution in [3.05, 3.63) is 100 Å². The van der Waals surface area contributed by atoms with Crippen LogP contribution in [0.4, 0.5) is 17.2 Å². The van der Waals surface area contributed by atoms with Crippen molar-refractivity contribution in [2.45, 2.75) is 38.1 Å². The molecule has 3 N–H and O–H groups in total.